The summed E-state index contributed by atoms with van der Waals surface area (Å²) in [5.74, 6) is -6.00. The van der Waals surface area contributed by atoms with Gasteiger partial charge in [-0.25, -0.2) is 13.8 Å². The number of benzene rings is 2. The number of nitrogens with zero attached hydrogens (tertiary/aromatic N) is 2. The molecule has 0 saturated heterocycles. The van der Waals surface area contributed by atoms with Gasteiger partial charge >= 0.3 is 5.97 Å². The van der Waals surface area contributed by atoms with E-state index < -0.39 is 53.8 Å². The predicted octanol–water partition coefficient (Wildman–Crippen LogP) is 3.66. The maximum atomic E-state index is 15.2. The molecule has 220 valence electrons. The number of hydrogen-bond acceptors (Lipinski definition) is 5. The first-order valence-electron chi connectivity index (χ1n) is 13.3. The van der Waals surface area contributed by atoms with Crippen LogP contribution in [0.5, 0.6) is 0 Å². The molecule has 0 radical (unpaired) electrons. The number of carboxylic acids is 1. The Hall–Kier alpha value is -4.12. The SMILES string of the molecule is Cc1cccc(C)c1-c1cc(F)c(F)c([C@H](CC(=O)O)NC(=O)[C@H](CC(C)C)NC(=O)C2=CCN(C)N(C)C2=O)c1. The van der Waals surface area contributed by atoms with Gasteiger partial charge in [0.15, 0.2) is 11.6 Å². The Morgan fingerprint density at radius 2 is 1.68 bits per heavy atom. The molecule has 0 fully saturated rings. The number of hydrogen-bond donors (Lipinski definition) is 3. The van der Waals surface area contributed by atoms with Gasteiger partial charge in [0.2, 0.25) is 5.91 Å². The number of hydrazine groups is 1. The van der Waals surface area contributed by atoms with Crippen LogP contribution in [0.3, 0.4) is 0 Å². The number of carboxylic acid groups (broad SMARTS) is 1. The Bertz CT molecular complexity index is 1370. The third-order valence-corrected chi connectivity index (χ3v) is 7.07. The molecule has 11 heteroatoms. The smallest absolute Gasteiger partial charge is 0.305 e. The van der Waals surface area contributed by atoms with Crippen LogP contribution in [0.15, 0.2) is 42.0 Å². The van der Waals surface area contributed by atoms with Crippen LogP contribution >= 0.6 is 0 Å². The van der Waals surface area contributed by atoms with Crippen LogP contribution in [0.4, 0.5) is 8.78 Å². The molecular formula is C30H36F2N4O5. The first-order valence-corrected chi connectivity index (χ1v) is 13.3. The van der Waals surface area contributed by atoms with Gasteiger partial charge in [-0.2, -0.15) is 0 Å². The number of likely N-dealkylation sites (N-methyl/N-ethyl adjacent to an activating group) is 2. The second-order valence-corrected chi connectivity index (χ2v) is 10.7. The van der Waals surface area contributed by atoms with Crippen LogP contribution in [0, 0.1) is 31.4 Å². The lowest BCUT2D eigenvalue weighted by molar-refractivity contribution is -0.143. The molecule has 0 bridgehead atoms. The van der Waals surface area contributed by atoms with Crippen LogP contribution in [-0.4, -0.2) is 65.5 Å². The van der Waals surface area contributed by atoms with Crippen LogP contribution in [0.1, 0.15) is 49.4 Å². The molecule has 0 unspecified atom stereocenters. The van der Waals surface area contributed by atoms with E-state index in [4.69, 9.17) is 0 Å². The fraction of sp³-hybridized carbons (Fsp3) is 0.400. The van der Waals surface area contributed by atoms with Gasteiger partial charge in [0, 0.05) is 26.2 Å². The van der Waals surface area contributed by atoms with E-state index in [1.54, 1.807) is 12.1 Å². The van der Waals surface area contributed by atoms with E-state index in [9.17, 15) is 28.7 Å². The van der Waals surface area contributed by atoms with E-state index in [0.717, 1.165) is 17.2 Å². The summed E-state index contributed by atoms with van der Waals surface area (Å²) < 4.78 is 30.1. The Morgan fingerprint density at radius 1 is 1.05 bits per heavy atom. The molecule has 0 spiro atoms. The Kier molecular flexibility index (Phi) is 9.98. The standard InChI is InChI=1S/C30H36F2N4O5/c1-16(2)12-24(34-28(39)20-10-11-35(5)36(6)30(20)41)29(40)33-23(15-25(37)38)21-13-19(14-22(31)27(21)32)26-17(3)8-7-9-18(26)4/h7-10,13-14,16,23-24H,11-12,15H2,1-6H3,(H,33,40)(H,34,39)(H,37,38)/t23-,24-/m0/s1. The number of aliphatic carboxylic acids is 1. The highest BCUT2D eigenvalue weighted by Gasteiger charge is 2.33. The molecule has 2 aromatic rings. The average Bonchev–Trinajstić information content (AvgIpc) is 2.87. The van der Waals surface area contributed by atoms with E-state index >= 15 is 4.39 Å². The Balaban J connectivity index is 1.96. The van der Waals surface area contributed by atoms with Crippen molar-refractivity contribution >= 4 is 23.7 Å². The van der Waals surface area contributed by atoms with Gasteiger partial charge in [-0.3, -0.25) is 24.2 Å². The second kappa shape index (κ2) is 13.0. The van der Waals surface area contributed by atoms with E-state index in [2.05, 4.69) is 10.6 Å². The van der Waals surface area contributed by atoms with Gasteiger partial charge in [-0.1, -0.05) is 38.1 Å². The van der Waals surface area contributed by atoms with Crippen molar-refractivity contribution in [2.24, 2.45) is 5.92 Å². The summed E-state index contributed by atoms with van der Waals surface area (Å²) in [6.07, 6.45) is 0.863. The zero-order valence-electron chi connectivity index (χ0n) is 24.0. The second-order valence-electron chi connectivity index (χ2n) is 10.7. The highest BCUT2D eigenvalue weighted by molar-refractivity contribution is 6.19. The largest absolute Gasteiger partial charge is 0.481 e. The summed E-state index contributed by atoms with van der Waals surface area (Å²) in [4.78, 5) is 50.9. The zero-order chi connectivity index (χ0) is 30.6. The van der Waals surface area contributed by atoms with Gasteiger partial charge in [0.25, 0.3) is 11.8 Å². The van der Waals surface area contributed by atoms with Crippen molar-refractivity contribution in [2.45, 2.75) is 52.6 Å². The van der Waals surface area contributed by atoms with Crippen molar-refractivity contribution < 1.29 is 33.1 Å². The first kappa shape index (κ1) is 31.4. The molecule has 1 heterocycles. The number of amides is 3. The lowest BCUT2D eigenvalue weighted by Crippen LogP contribution is -2.52. The van der Waals surface area contributed by atoms with E-state index in [-0.39, 0.29) is 23.5 Å². The summed E-state index contributed by atoms with van der Waals surface area (Å²) in [5.41, 5.74) is 2.15. The van der Waals surface area contributed by atoms with Gasteiger partial charge in [-0.15, -0.1) is 0 Å². The molecule has 3 amide bonds. The molecule has 0 saturated carbocycles. The number of aryl methyl sites for hydroxylation is 2. The molecule has 3 rings (SSSR count). The quantitative estimate of drug-likeness (QED) is 0.375. The van der Waals surface area contributed by atoms with Crippen molar-refractivity contribution in [1.29, 1.82) is 0 Å². The minimum absolute atomic E-state index is 0.0876. The van der Waals surface area contributed by atoms with Crippen molar-refractivity contribution in [3.05, 3.63) is 70.3 Å². The third kappa shape index (κ3) is 7.35. The van der Waals surface area contributed by atoms with Crippen LogP contribution in [0.2, 0.25) is 0 Å². The predicted molar refractivity (Wildman–Crippen MR) is 149 cm³/mol. The molecule has 0 aliphatic carbocycles. The molecular weight excluding hydrogens is 534 g/mol. The fourth-order valence-corrected chi connectivity index (χ4v) is 4.85. The minimum atomic E-state index is -1.44. The van der Waals surface area contributed by atoms with Gasteiger partial charge < -0.3 is 15.7 Å². The average molecular weight is 571 g/mol. The maximum Gasteiger partial charge on any atom is 0.305 e. The maximum absolute atomic E-state index is 15.2. The molecule has 0 aromatic heterocycles. The number of nitrogens with one attached hydrogen (secondary N) is 2. The summed E-state index contributed by atoms with van der Waals surface area (Å²) in [6, 6.07) is 5.24. The van der Waals surface area contributed by atoms with E-state index in [1.807, 2.05) is 45.9 Å². The van der Waals surface area contributed by atoms with Gasteiger partial charge in [0.1, 0.15) is 11.6 Å². The molecule has 9 nitrogen and oxygen atoms in total. The number of rotatable bonds is 10. The molecule has 41 heavy (non-hydrogen) atoms. The van der Waals surface area contributed by atoms with E-state index in [0.29, 0.717) is 17.7 Å². The van der Waals surface area contributed by atoms with Gasteiger partial charge in [0.05, 0.1) is 12.5 Å². The normalized spacial score (nSPS) is 15.4. The minimum Gasteiger partial charge on any atom is -0.481 e. The number of carbonyl (C=O) groups is 4. The summed E-state index contributed by atoms with van der Waals surface area (Å²) in [7, 11) is 3.19. The van der Waals surface area contributed by atoms with Crippen LogP contribution in [-0.2, 0) is 19.2 Å². The lowest BCUT2D eigenvalue weighted by Gasteiger charge is -2.32. The molecule has 1 aliphatic rings. The number of halogens is 2. The van der Waals surface area contributed by atoms with Crippen molar-refractivity contribution in [1.82, 2.24) is 20.7 Å². The topological polar surface area (TPSA) is 119 Å². The highest BCUT2D eigenvalue weighted by Crippen LogP contribution is 2.33. The lowest BCUT2D eigenvalue weighted by atomic mass is 9.92. The van der Waals surface area contributed by atoms with Crippen molar-refractivity contribution in [3.8, 4) is 11.1 Å². The van der Waals surface area contributed by atoms with Crippen LogP contribution < -0.4 is 10.6 Å². The number of carbonyl (C=O) groups excluding carboxylic acids is 3. The first-order chi connectivity index (χ1) is 19.2. The van der Waals surface area contributed by atoms with Crippen LogP contribution in [0.25, 0.3) is 11.1 Å². The fourth-order valence-electron chi connectivity index (χ4n) is 4.85. The third-order valence-electron chi connectivity index (χ3n) is 7.07. The molecule has 2 atom stereocenters. The Morgan fingerprint density at radius 3 is 2.27 bits per heavy atom. The summed E-state index contributed by atoms with van der Waals surface area (Å²) in [5, 5.41) is 17.5. The summed E-state index contributed by atoms with van der Waals surface area (Å²) >= 11 is 0. The Labute approximate surface area is 238 Å². The highest BCUT2D eigenvalue weighted by atomic mass is 19.2. The molecule has 3 N–H and O–H groups in total. The molecule has 2 aromatic carbocycles. The van der Waals surface area contributed by atoms with Crippen molar-refractivity contribution in [2.75, 3.05) is 20.6 Å². The monoisotopic (exact) mass is 570 g/mol. The van der Waals surface area contributed by atoms with Gasteiger partial charge in [-0.05, 0) is 60.6 Å². The van der Waals surface area contributed by atoms with Crippen molar-refractivity contribution in [3.63, 3.8) is 0 Å². The van der Waals surface area contributed by atoms with E-state index in [1.165, 1.54) is 24.2 Å². The molecule has 1 aliphatic heterocycles. The summed E-state index contributed by atoms with van der Waals surface area (Å²) in [6.45, 7) is 7.58. The zero-order valence-corrected chi connectivity index (χ0v) is 24.0.